The first-order valence-corrected chi connectivity index (χ1v) is 13.3. The Hall–Kier alpha value is -3.88. The summed E-state index contributed by atoms with van der Waals surface area (Å²) < 4.78 is 7.75. The molecule has 4 heterocycles. The summed E-state index contributed by atoms with van der Waals surface area (Å²) in [4.78, 5) is 9.28. The summed E-state index contributed by atoms with van der Waals surface area (Å²) in [6.07, 6.45) is 1.83. The summed E-state index contributed by atoms with van der Waals surface area (Å²) in [5.74, 6) is 0.253. The molecule has 2 fully saturated rings. The van der Waals surface area contributed by atoms with Crippen LogP contribution in [0.1, 0.15) is 34.7 Å². The number of nitrogens with one attached hydrogen (secondary N) is 1. The summed E-state index contributed by atoms with van der Waals surface area (Å²) in [5.41, 5.74) is 7.60. The van der Waals surface area contributed by atoms with Crippen LogP contribution in [0.5, 0.6) is 5.75 Å². The highest BCUT2D eigenvalue weighted by Crippen LogP contribution is 2.44. The summed E-state index contributed by atoms with van der Waals surface area (Å²) in [7, 11) is 0. The van der Waals surface area contributed by atoms with Gasteiger partial charge >= 0.3 is 0 Å². The van der Waals surface area contributed by atoms with E-state index in [0.29, 0.717) is 5.11 Å². The molecule has 0 amide bonds. The number of ether oxygens (including phenoxy) is 1. The topological polar surface area (TPSA) is 65.8 Å². The molecule has 0 saturated carbocycles. The first kappa shape index (κ1) is 24.5. The molecule has 2 aliphatic heterocycles. The van der Waals surface area contributed by atoms with Crippen molar-refractivity contribution in [1.82, 2.24) is 14.9 Å². The van der Waals surface area contributed by atoms with E-state index >= 15 is 0 Å². The maximum atomic E-state index is 9.82. The van der Waals surface area contributed by atoms with E-state index in [9.17, 15) is 5.11 Å². The van der Waals surface area contributed by atoms with Crippen LogP contribution in [-0.4, -0.2) is 46.1 Å². The van der Waals surface area contributed by atoms with Crippen LogP contribution in [0.2, 0.25) is 0 Å². The Balaban J connectivity index is 1.43. The second kappa shape index (κ2) is 10.1. The number of nitrogens with zero attached hydrogens (tertiary/aromatic N) is 4. The van der Waals surface area contributed by atoms with Crippen molar-refractivity contribution < 1.29 is 9.84 Å². The summed E-state index contributed by atoms with van der Waals surface area (Å²) >= 11 is 5.95. The molecule has 2 atom stereocenters. The fourth-order valence-electron chi connectivity index (χ4n) is 5.68. The van der Waals surface area contributed by atoms with Crippen LogP contribution in [0.4, 0.5) is 11.4 Å². The molecule has 0 bridgehead atoms. The zero-order valence-corrected chi connectivity index (χ0v) is 22.4. The van der Waals surface area contributed by atoms with Gasteiger partial charge in [0.25, 0.3) is 0 Å². The Bertz CT molecular complexity index is 1430. The molecule has 0 aliphatic carbocycles. The van der Waals surface area contributed by atoms with Gasteiger partial charge in [-0.25, -0.2) is 0 Å². The van der Waals surface area contributed by atoms with E-state index in [1.165, 1.54) is 11.3 Å². The van der Waals surface area contributed by atoms with Gasteiger partial charge in [0.2, 0.25) is 0 Å². The van der Waals surface area contributed by atoms with Crippen molar-refractivity contribution in [2.75, 3.05) is 36.1 Å². The van der Waals surface area contributed by atoms with E-state index in [2.05, 4.69) is 69.9 Å². The minimum Gasteiger partial charge on any atom is -0.508 e. The Labute approximate surface area is 228 Å². The number of pyridine rings is 1. The lowest BCUT2D eigenvalue weighted by molar-refractivity contribution is 0.122. The van der Waals surface area contributed by atoms with E-state index in [0.717, 1.165) is 54.8 Å². The lowest BCUT2D eigenvalue weighted by Crippen LogP contribution is -2.36. The molecule has 4 aromatic rings. The van der Waals surface area contributed by atoms with Crippen LogP contribution in [0, 0.1) is 13.8 Å². The molecule has 6 rings (SSSR count). The highest BCUT2D eigenvalue weighted by molar-refractivity contribution is 7.80. The van der Waals surface area contributed by atoms with Gasteiger partial charge < -0.3 is 29.5 Å². The fourth-order valence-corrected chi connectivity index (χ4v) is 6.03. The van der Waals surface area contributed by atoms with Crippen LogP contribution in [-0.2, 0) is 4.74 Å². The van der Waals surface area contributed by atoms with Crippen LogP contribution >= 0.6 is 12.2 Å². The second-order valence-corrected chi connectivity index (χ2v) is 10.2. The van der Waals surface area contributed by atoms with Crippen molar-refractivity contribution in [3.05, 3.63) is 102 Å². The Morgan fingerprint density at radius 3 is 2.29 bits per heavy atom. The SMILES string of the molecule is Cc1cc([C@@H]2[C@@H](c3ccccn3)NC(=S)N2c2ccc(N3CCOCC3)cc2)c(C)n1-c1ccc(O)cc1. The quantitative estimate of drug-likeness (QED) is 0.347. The van der Waals surface area contributed by atoms with Crippen molar-refractivity contribution in [1.29, 1.82) is 0 Å². The zero-order valence-electron chi connectivity index (χ0n) is 21.5. The van der Waals surface area contributed by atoms with Gasteiger partial charge in [0.15, 0.2) is 5.11 Å². The lowest BCUT2D eigenvalue weighted by atomic mass is 9.96. The van der Waals surface area contributed by atoms with E-state index < -0.39 is 0 Å². The number of phenols is 1. The van der Waals surface area contributed by atoms with Crippen LogP contribution in [0.3, 0.4) is 0 Å². The molecule has 8 heteroatoms. The molecule has 0 spiro atoms. The van der Waals surface area contributed by atoms with Crippen molar-refractivity contribution >= 4 is 28.7 Å². The number of aromatic nitrogens is 2. The smallest absolute Gasteiger partial charge is 0.174 e. The van der Waals surface area contributed by atoms with Crippen molar-refractivity contribution in [2.45, 2.75) is 25.9 Å². The summed E-state index contributed by atoms with van der Waals surface area (Å²) in [6.45, 7) is 7.57. The van der Waals surface area contributed by atoms with E-state index in [-0.39, 0.29) is 17.8 Å². The number of anilines is 2. The maximum Gasteiger partial charge on any atom is 0.174 e. The first-order valence-electron chi connectivity index (χ1n) is 12.9. The van der Waals surface area contributed by atoms with Gasteiger partial charge in [-0.15, -0.1) is 0 Å². The minimum absolute atomic E-state index is 0.0938. The molecule has 0 unspecified atom stereocenters. The number of aromatic hydroxyl groups is 1. The standard InChI is InChI=1S/C30H31N5O2S/c1-20-19-26(21(2)34(20)23-10-12-25(36)13-11-23)29-28(27-5-3-4-14-31-27)32-30(38)35(29)24-8-6-22(7-9-24)33-15-17-37-18-16-33/h3-14,19,28-29,36H,15-18H2,1-2H3,(H,32,38)/t28-,29-/m1/s1. The molecule has 7 nitrogen and oxygen atoms in total. The predicted molar refractivity (Wildman–Crippen MR) is 154 cm³/mol. The summed E-state index contributed by atoms with van der Waals surface area (Å²) in [6, 6.07) is 24.0. The normalized spacial score (nSPS) is 19.6. The van der Waals surface area contributed by atoms with Gasteiger partial charge in [-0.3, -0.25) is 4.98 Å². The lowest BCUT2D eigenvalue weighted by Gasteiger charge is -2.31. The third kappa shape index (κ3) is 4.40. The largest absolute Gasteiger partial charge is 0.508 e. The number of thiocarbonyl (C=S) groups is 1. The number of hydrogen-bond donors (Lipinski definition) is 2. The van der Waals surface area contributed by atoms with Crippen molar-refractivity contribution in [3.8, 4) is 11.4 Å². The maximum absolute atomic E-state index is 9.82. The van der Waals surface area contributed by atoms with E-state index in [4.69, 9.17) is 21.9 Å². The summed E-state index contributed by atoms with van der Waals surface area (Å²) in [5, 5.41) is 14.1. The molecule has 2 aliphatic rings. The third-order valence-corrected chi connectivity index (χ3v) is 7.81. The Morgan fingerprint density at radius 2 is 1.61 bits per heavy atom. The van der Waals surface area contributed by atoms with Gasteiger partial charge in [-0.05, 0) is 98.4 Å². The molecule has 194 valence electrons. The van der Waals surface area contributed by atoms with Crippen molar-refractivity contribution in [3.63, 3.8) is 0 Å². The molecular weight excluding hydrogens is 494 g/mol. The fraction of sp³-hybridized carbons (Fsp3) is 0.267. The van der Waals surface area contributed by atoms with Gasteiger partial charge in [0, 0.05) is 47.7 Å². The number of rotatable bonds is 5. The predicted octanol–water partition coefficient (Wildman–Crippen LogP) is 5.21. The molecule has 2 aromatic carbocycles. The number of morpholine rings is 1. The highest BCUT2D eigenvalue weighted by Gasteiger charge is 2.42. The van der Waals surface area contributed by atoms with Gasteiger partial charge in [-0.1, -0.05) is 6.07 Å². The van der Waals surface area contributed by atoms with Crippen LogP contribution < -0.4 is 15.1 Å². The van der Waals surface area contributed by atoms with E-state index in [1.807, 2.05) is 30.5 Å². The third-order valence-electron chi connectivity index (χ3n) is 7.50. The molecule has 2 N–H and O–H groups in total. The second-order valence-electron chi connectivity index (χ2n) is 9.79. The van der Waals surface area contributed by atoms with E-state index in [1.54, 1.807) is 12.1 Å². The number of benzene rings is 2. The molecule has 2 saturated heterocycles. The number of phenolic OH excluding ortho intramolecular Hbond substituents is 1. The average molecular weight is 526 g/mol. The monoisotopic (exact) mass is 525 g/mol. The molecule has 2 aromatic heterocycles. The average Bonchev–Trinajstić information content (AvgIpc) is 3.45. The molecule has 0 radical (unpaired) electrons. The van der Waals surface area contributed by atoms with Crippen LogP contribution in [0.25, 0.3) is 5.69 Å². The molecule has 38 heavy (non-hydrogen) atoms. The number of aryl methyl sites for hydroxylation is 1. The van der Waals surface area contributed by atoms with Gasteiger partial charge in [0.1, 0.15) is 5.75 Å². The van der Waals surface area contributed by atoms with Crippen LogP contribution in [0.15, 0.2) is 79.0 Å². The van der Waals surface area contributed by atoms with Gasteiger partial charge in [-0.2, -0.15) is 0 Å². The minimum atomic E-state index is -0.114. The number of hydrogen-bond acceptors (Lipinski definition) is 5. The highest BCUT2D eigenvalue weighted by atomic mass is 32.1. The van der Waals surface area contributed by atoms with Gasteiger partial charge in [0.05, 0.1) is 31.0 Å². The Kier molecular flexibility index (Phi) is 6.51. The van der Waals surface area contributed by atoms with Crippen molar-refractivity contribution in [2.24, 2.45) is 0 Å². The Morgan fingerprint density at radius 1 is 0.921 bits per heavy atom. The first-order chi connectivity index (χ1) is 18.5. The zero-order chi connectivity index (χ0) is 26.2. The molecular formula is C30H31N5O2S.